The largest absolute Gasteiger partial charge is 0.316 e. The van der Waals surface area contributed by atoms with Gasteiger partial charge in [-0.25, -0.2) is 0 Å². The van der Waals surface area contributed by atoms with E-state index in [9.17, 15) is 4.79 Å². The Labute approximate surface area is 108 Å². The molecule has 3 nitrogen and oxygen atoms in total. The zero-order chi connectivity index (χ0) is 12.4. The molecule has 1 unspecified atom stereocenters. The van der Waals surface area contributed by atoms with E-state index in [-0.39, 0.29) is 0 Å². The number of benzene rings is 1. The highest BCUT2D eigenvalue weighted by molar-refractivity contribution is 5.95. The first-order valence-electron chi connectivity index (χ1n) is 6.93. The number of carbonyl (C=O) groups excluding carboxylic acids is 1. The number of carbonyl (C=O) groups is 1. The third-order valence-corrected chi connectivity index (χ3v) is 4.05. The van der Waals surface area contributed by atoms with Gasteiger partial charge in [0.15, 0.2) is 0 Å². The van der Waals surface area contributed by atoms with E-state index in [2.05, 4.69) is 23.5 Å². The third kappa shape index (κ3) is 2.27. The lowest BCUT2D eigenvalue weighted by Crippen LogP contribution is -2.36. The number of amides is 1. The second-order valence-electron chi connectivity index (χ2n) is 5.34. The van der Waals surface area contributed by atoms with Gasteiger partial charge in [0.2, 0.25) is 5.91 Å². The van der Waals surface area contributed by atoms with Crippen molar-refractivity contribution in [1.29, 1.82) is 0 Å². The molecule has 2 heterocycles. The summed E-state index contributed by atoms with van der Waals surface area (Å²) in [6.45, 7) is 2.97. The molecule has 0 saturated carbocycles. The van der Waals surface area contributed by atoms with Crippen LogP contribution in [-0.4, -0.2) is 25.5 Å². The molecule has 0 aromatic heterocycles. The molecular formula is C15H20N2O. The topological polar surface area (TPSA) is 32.3 Å². The van der Waals surface area contributed by atoms with E-state index in [0.29, 0.717) is 18.2 Å². The summed E-state index contributed by atoms with van der Waals surface area (Å²) in [7, 11) is 0. The summed E-state index contributed by atoms with van der Waals surface area (Å²) >= 11 is 0. The highest BCUT2D eigenvalue weighted by Gasteiger charge is 2.26. The van der Waals surface area contributed by atoms with Crippen molar-refractivity contribution in [2.75, 3.05) is 24.5 Å². The van der Waals surface area contributed by atoms with Gasteiger partial charge in [-0.15, -0.1) is 0 Å². The monoisotopic (exact) mass is 244 g/mol. The molecule has 1 amide bonds. The molecule has 2 aliphatic heterocycles. The van der Waals surface area contributed by atoms with Crippen LogP contribution in [0.4, 0.5) is 5.69 Å². The molecule has 1 aromatic rings. The maximum Gasteiger partial charge on any atom is 0.227 e. The summed E-state index contributed by atoms with van der Waals surface area (Å²) in [5.74, 6) is 0.827. The number of nitrogens with one attached hydrogen (secondary N) is 1. The first-order valence-corrected chi connectivity index (χ1v) is 6.93. The van der Waals surface area contributed by atoms with E-state index in [4.69, 9.17) is 0 Å². The van der Waals surface area contributed by atoms with Gasteiger partial charge in [-0.05, 0) is 49.9 Å². The number of hydrogen-bond acceptors (Lipinski definition) is 2. The van der Waals surface area contributed by atoms with E-state index < -0.39 is 0 Å². The molecule has 1 aromatic carbocycles. The maximum absolute atomic E-state index is 12.4. The number of rotatable bonds is 2. The van der Waals surface area contributed by atoms with Crippen molar-refractivity contribution in [2.45, 2.75) is 25.7 Å². The van der Waals surface area contributed by atoms with Crippen molar-refractivity contribution < 1.29 is 4.79 Å². The van der Waals surface area contributed by atoms with Crippen molar-refractivity contribution in [3.8, 4) is 0 Å². The van der Waals surface area contributed by atoms with E-state index in [1.807, 2.05) is 11.0 Å². The average molecular weight is 244 g/mol. The van der Waals surface area contributed by atoms with Crippen LogP contribution in [0.15, 0.2) is 24.3 Å². The molecule has 0 aliphatic carbocycles. The quantitative estimate of drug-likeness (QED) is 0.862. The minimum Gasteiger partial charge on any atom is -0.316 e. The van der Waals surface area contributed by atoms with Gasteiger partial charge >= 0.3 is 0 Å². The second-order valence-corrected chi connectivity index (χ2v) is 5.34. The summed E-state index contributed by atoms with van der Waals surface area (Å²) in [4.78, 5) is 14.4. The first kappa shape index (κ1) is 11.7. The minimum atomic E-state index is 0.300. The van der Waals surface area contributed by atoms with E-state index in [1.54, 1.807) is 0 Å². The predicted molar refractivity (Wildman–Crippen MR) is 72.7 cm³/mol. The smallest absolute Gasteiger partial charge is 0.227 e. The van der Waals surface area contributed by atoms with Gasteiger partial charge in [-0.3, -0.25) is 4.79 Å². The highest BCUT2D eigenvalue weighted by atomic mass is 16.2. The number of piperidine rings is 1. The summed E-state index contributed by atoms with van der Waals surface area (Å²) < 4.78 is 0. The molecule has 2 aliphatic rings. The number of para-hydroxylation sites is 1. The third-order valence-electron chi connectivity index (χ3n) is 4.05. The first-order chi connectivity index (χ1) is 8.84. The Morgan fingerprint density at radius 2 is 2.28 bits per heavy atom. The van der Waals surface area contributed by atoms with E-state index in [1.165, 1.54) is 18.4 Å². The molecule has 0 spiro atoms. The Hall–Kier alpha value is -1.35. The molecule has 1 atom stereocenters. The second kappa shape index (κ2) is 5.11. The number of fused-ring (bicyclic) bond motifs is 1. The van der Waals surface area contributed by atoms with Gasteiger partial charge in [0.1, 0.15) is 0 Å². The summed E-state index contributed by atoms with van der Waals surface area (Å²) in [6, 6.07) is 8.27. The Morgan fingerprint density at radius 1 is 1.39 bits per heavy atom. The van der Waals surface area contributed by atoms with Gasteiger partial charge < -0.3 is 10.2 Å². The van der Waals surface area contributed by atoms with Crippen molar-refractivity contribution in [2.24, 2.45) is 5.92 Å². The maximum atomic E-state index is 12.4. The van der Waals surface area contributed by atoms with Gasteiger partial charge in [-0.2, -0.15) is 0 Å². The molecule has 0 bridgehead atoms. The molecule has 18 heavy (non-hydrogen) atoms. The number of nitrogens with zero attached hydrogens (tertiary/aromatic N) is 1. The zero-order valence-electron chi connectivity index (χ0n) is 10.7. The fraction of sp³-hybridized carbons (Fsp3) is 0.533. The SMILES string of the molecule is O=C(CC1CCCNC1)N1CCc2ccccc21. The highest BCUT2D eigenvalue weighted by Crippen LogP contribution is 2.29. The Kier molecular flexibility index (Phi) is 3.33. The lowest BCUT2D eigenvalue weighted by atomic mass is 9.95. The Balaban J connectivity index is 1.67. The average Bonchev–Trinajstić information content (AvgIpc) is 2.84. The molecule has 1 N–H and O–H groups in total. The molecular weight excluding hydrogens is 224 g/mol. The van der Waals surface area contributed by atoms with E-state index in [0.717, 1.165) is 31.7 Å². The summed E-state index contributed by atoms with van der Waals surface area (Å²) in [6.07, 6.45) is 4.09. The number of hydrogen-bond donors (Lipinski definition) is 1. The van der Waals surface area contributed by atoms with E-state index >= 15 is 0 Å². The fourth-order valence-corrected chi connectivity index (χ4v) is 3.05. The minimum absolute atomic E-state index is 0.300. The molecule has 3 rings (SSSR count). The van der Waals surface area contributed by atoms with Crippen LogP contribution in [-0.2, 0) is 11.2 Å². The molecule has 1 saturated heterocycles. The Bertz CT molecular complexity index is 438. The van der Waals surface area contributed by atoms with Gasteiger partial charge in [0.05, 0.1) is 0 Å². The predicted octanol–water partition coefficient (Wildman–Crippen LogP) is 1.97. The summed E-state index contributed by atoms with van der Waals surface area (Å²) in [5.41, 5.74) is 2.44. The number of anilines is 1. The molecule has 0 radical (unpaired) electrons. The standard InChI is InChI=1S/C15H20N2O/c18-15(10-12-4-3-8-16-11-12)17-9-7-13-5-1-2-6-14(13)17/h1-2,5-6,12,16H,3-4,7-11H2. The van der Waals surface area contributed by atoms with Crippen LogP contribution in [0.1, 0.15) is 24.8 Å². The lowest BCUT2D eigenvalue weighted by molar-refractivity contribution is -0.119. The fourth-order valence-electron chi connectivity index (χ4n) is 3.05. The van der Waals surface area contributed by atoms with Crippen LogP contribution in [0.5, 0.6) is 0 Å². The van der Waals surface area contributed by atoms with Crippen LogP contribution < -0.4 is 10.2 Å². The lowest BCUT2D eigenvalue weighted by Gasteiger charge is -2.25. The molecule has 3 heteroatoms. The zero-order valence-corrected chi connectivity index (χ0v) is 10.7. The van der Waals surface area contributed by atoms with Crippen molar-refractivity contribution in [1.82, 2.24) is 5.32 Å². The van der Waals surface area contributed by atoms with Crippen molar-refractivity contribution >= 4 is 11.6 Å². The van der Waals surface area contributed by atoms with Crippen molar-refractivity contribution in [3.05, 3.63) is 29.8 Å². The normalized spacial score (nSPS) is 22.9. The van der Waals surface area contributed by atoms with Crippen molar-refractivity contribution in [3.63, 3.8) is 0 Å². The summed E-state index contributed by atoms with van der Waals surface area (Å²) in [5, 5.41) is 3.38. The van der Waals surface area contributed by atoms with Crippen LogP contribution in [0.2, 0.25) is 0 Å². The van der Waals surface area contributed by atoms with Crippen LogP contribution in [0.25, 0.3) is 0 Å². The van der Waals surface area contributed by atoms with Gasteiger partial charge in [0, 0.05) is 18.7 Å². The van der Waals surface area contributed by atoms with Crippen LogP contribution in [0, 0.1) is 5.92 Å². The van der Waals surface area contributed by atoms with Crippen LogP contribution in [0.3, 0.4) is 0 Å². The molecule has 1 fully saturated rings. The van der Waals surface area contributed by atoms with Crippen LogP contribution >= 0.6 is 0 Å². The molecule has 96 valence electrons. The Morgan fingerprint density at radius 3 is 3.11 bits per heavy atom. The van der Waals surface area contributed by atoms with Gasteiger partial charge in [-0.1, -0.05) is 18.2 Å². The van der Waals surface area contributed by atoms with Gasteiger partial charge in [0.25, 0.3) is 0 Å².